The molecule has 1 amide bonds. The standard InChI is InChI=1S/C18H18N4O2/c1-3-12-5-4-6-13(7-12)17-20-8-14(15(22-17)16(19)23)21-9-18(2)10-24-11-18/h1,4-8,21H,9-11H2,2H3,(H2,19,23). The van der Waals surface area contributed by atoms with Gasteiger partial charge >= 0.3 is 0 Å². The maximum atomic E-state index is 11.8. The largest absolute Gasteiger partial charge is 0.381 e. The second kappa shape index (κ2) is 6.30. The van der Waals surface area contributed by atoms with Crippen LogP contribution in [0.3, 0.4) is 0 Å². The van der Waals surface area contributed by atoms with Gasteiger partial charge in [-0.25, -0.2) is 9.97 Å². The molecule has 24 heavy (non-hydrogen) atoms. The molecule has 0 unspecified atom stereocenters. The van der Waals surface area contributed by atoms with Crippen molar-refractivity contribution in [3.8, 4) is 23.7 Å². The summed E-state index contributed by atoms with van der Waals surface area (Å²) in [5, 5.41) is 3.20. The summed E-state index contributed by atoms with van der Waals surface area (Å²) >= 11 is 0. The molecule has 6 nitrogen and oxygen atoms in total. The summed E-state index contributed by atoms with van der Waals surface area (Å²) in [6.07, 6.45) is 6.99. The second-order valence-electron chi connectivity index (χ2n) is 6.20. The second-order valence-corrected chi connectivity index (χ2v) is 6.20. The minimum absolute atomic E-state index is 0.0503. The number of nitrogens with two attached hydrogens (primary N) is 1. The van der Waals surface area contributed by atoms with E-state index < -0.39 is 5.91 Å². The SMILES string of the molecule is C#Cc1cccc(-c2ncc(NCC3(C)COC3)c(C(N)=O)n2)c1. The number of carbonyl (C=O) groups is 1. The van der Waals surface area contributed by atoms with Crippen molar-refractivity contribution in [1.29, 1.82) is 0 Å². The lowest BCUT2D eigenvalue weighted by atomic mass is 9.88. The van der Waals surface area contributed by atoms with Gasteiger partial charge < -0.3 is 15.8 Å². The Morgan fingerprint density at radius 2 is 2.29 bits per heavy atom. The van der Waals surface area contributed by atoms with Gasteiger partial charge in [-0.2, -0.15) is 0 Å². The summed E-state index contributed by atoms with van der Waals surface area (Å²) in [5.74, 6) is 2.36. The zero-order chi connectivity index (χ0) is 17.2. The van der Waals surface area contributed by atoms with Crippen LogP contribution in [-0.2, 0) is 4.74 Å². The van der Waals surface area contributed by atoms with E-state index in [0.29, 0.717) is 31.3 Å². The number of hydrogen-bond acceptors (Lipinski definition) is 5. The van der Waals surface area contributed by atoms with Gasteiger partial charge in [0.15, 0.2) is 11.5 Å². The van der Waals surface area contributed by atoms with Gasteiger partial charge in [0.2, 0.25) is 0 Å². The Morgan fingerprint density at radius 3 is 2.92 bits per heavy atom. The Kier molecular flexibility index (Phi) is 4.19. The number of rotatable bonds is 5. The highest BCUT2D eigenvalue weighted by Gasteiger charge is 2.33. The molecule has 1 aromatic heterocycles. The predicted molar refractivity (Wildman–Crippen MR) is 91.3 cm³/mol. The van der Waals surface area contributed by atoms with E-state index in [9.17, 15) is 4.79 Å². The van der Waals surface area contributed by atoms with Crippen LogP contribution in [0.4, 0.5) is 5.69 Å². The fraction of sp³-hybridized carbons (Fsp3) is 0.278. The molecule has 1 saturated heterocycles. The van der Waals surface area contributed by atoms with Crippen molar-refractivity contribution < 1.29 is 9.53 Å². The zero-order valence-corrected chi connectivity index (χ0v) is 13.4. The van der Waals surface area contributed by atoms with Crippen molar-refractivity contribution in [3.05, 3.63) is 41.7 Å². The van der Waals surface area contributed by atoms with E-state index in [-0.39, 0.29) is 11.1 Å². The number of nitrogens with one attached hydrogen (secondary N) is 1. The molecule has 1 aromatic carbocycles. The van der Waals surface area contributed by atoms with Gasteiger partial charge in [0.05, 0.1) is 25.1 Å². The van der Waals surface area contributed by atoms with Crippen LogP contribution in [0, 0.1) is 17.8 Å². The van der Waals surface area contributed by atoms with Gasteiger partial charge in [-0.3, -0.25) is 4.79 Å². The molecule has 0 bridgehead atoms. The Bertz CT molecular complexity index is 822. The van der Waals surface area contributed by atoms with Crippen LogP contribution in [-0.4, -0.2) is 35.6 Å². The van der Waals surface area contributed by atoms with E-state index in [1.165, 1.54) is 0 Å². The number of ether oxygens (including phenoxy) is 1. The van der Waals surface area contributed by atoms with Gasteiger partial charge in [-0.1, -0.05) is 25.0 Å². The van der Waals surface area contributed by atoms with Crippen LogP contribution < -0.4 is 11.1 Å². The number of anilines is 1. The number of primary amides is 1. The Hall–Kier alpha value is -2.91. The van der Waals surface area contributed by atoms with E-state index in [0.717, 1.165) is 11.1 Å². The number of carbonyl (C=O) groups excluding carboxylic acids is 1. The molecule has 122 valence electrons. The molecule has 2 aromatic rings. The van der Waals surface area contributed by atoms with E-state index in [4.69, 9.17) is 16.9 Å². The number of terminal acetylenes is 1. The zero-order valence-electron chi connectivity index (χ0n) is 13.4. The van der Waals surface area contributed by atoms with E-state index in [2.05, 4.69) is 28.1 Å². The van der Waals surface area contributed by atoms with Crippen molar-refractivity contribution >= 4 is 11.6 Å². The van der Waals surface area contributed by atoms with Crippen molar-refractivity contribution in [2.75, 3.05) is 25.1 Å². The first kappa shape index (κ1) is 16.0. The smallest absolute Gasteiger partial charge is 0.269 e. The summed E-state index contributed by atoms with van der Waals surface area (Å²) in [6.45, 7) is 4.13. The topological polar surface area (TPSA) is 90.1 Å². The quantitative estimate of drug-likeness (QED) is 0.817. The first-order valence-corrected chi connectivity index (χ1v) is 7.56. The Labute approximate surface area is 140 Å². The minimum Gasteiger partial charge on any atom is -0.381 e. The third-order valence-corrected chi connectivity index (χ3v) is 3.92. The molecule has 0 saturated carbocycles. The van der Waals surface area contributed by atoms with Crippen LogP contribution in [0.25, 0.3) is 11.4 Å². The average Bonchev–Trinajstić information content (AvgIpc) is 2.58. The van der Waals surface area contributed by atoms with Crippen molar-refractivity contribution in [2.45, 2.75) is 6.92 Å². The van der Waals surface area contributed by atoms with E-state index in [1.54, 1.807) is 12.3 Å². The van der Waals surface area contributed by atoms with Crippen molar-refractivity contribution in [2.24, 2.45) is 11.1 Å². The predicted octanol–water partition coefficient (Wildman–Crippen LogP) is 1.67. The molecule has 1 fully saturated rings. The van der Waals surface area contributed by atoms with Crippen LogP contribution in [0.1, 0.15) is 23.0 Å². The third kappa shape index (κ3) is 3.21. The van der Waals surface area contributed by atoms with Gasteiger partial charge in [0.1, 0.15) is 0 Å². The molecule has 3 N–H and O–H groups in total. The maximum absolute atomic E-state index is 11.8. The summed E-state index contributed by atoms with van der Waals surface area (Å²) in [5.41, 5.74) is 7.66. The van der Waals surface area contributed by atoms with E-state index >= 15 is 0 Å². The number of aromatic nitrogens is 2. The lowest BCUT2D eigenvalue weighted by Crippen LogP contribution is -2.45. The lowest BCUT2D eigenvalue weighted by molar-refractivity contribution is -0.0924. The van der Waals surface area contributed by atoms with Crippen molar-refractivity contribution in [1.82, 2.24) is 9.97 Å². The minimum atomic E-state index is -0.607. The number of amides is 1. The summed E-state index contributed by atoms with van der Waals surface area (Å²) in [7, 11) is 0. The fourth-order valence-corrected chi connectivity index (χ4v) is 2.45. The first-order chi connectivity index (χ1) is 11.5. The monoisotopic (exact) mass is 322 g/mol. The van der Waals surface area contributed by atoms with Crippen LogP contribution in [0.15, 0.2) is 30.5 Å². The summed E-state index contributed by atoms with van der Waals surface area (Å²) in [4.78, 5) is 20.4. The molecule has 6 heteroatoms. The molecule has 0 aliphatic carbocycles. The number of hydrogen-bond donors (Lipinski definition) is 2. The van der Waals surface area contributed by atoms with Crippen molar-refractivity contribution in [3.63, 3.8) is 0 Å². The molecular weight excluding hydrogens is 304 g/mol. The highest BCUT2D eigenvalue weighted by Crippen LogP contribution is 2.27. The molecule has 1 aliphatic heterocycles. The number of nitrogens with zero attached hydrogens (tertiary/aromatic N) is 2. The first-order valence-electron chi connectivity index (χ1n) is 7.56. The highest BCUT2D eigenvalue weighted by atomic mass is 16.5. The van der Waals surface area contributed by atoms with Crippen LogP contribution >= 0.6 is 0 Å². The van der Waals surface area contributed by atoms with Gasteiger partial charge in [-0.05, 0) is 12.1 Å². The van der Waals surface area contributed by atoms with Gasteiger partial charge in [-0.15, -0.1) is 6.42 Å². The molecule has 2 heterocycles. The molecular formula is C18H18N4O2. The molecule has 1 aliphatic rings. The number of benzene rings is 1. The van der Waals surface area contributed by atoms with Gasteiger partial charge in [0.25, 0.3) is 5.91 Å². The lowest BCUT2D eigenvalue weighted by Gasteiger charge is -2.38. The normalized spacial score (nSPS) is 15.2. The maximum Gasteiger partial charge on any atom is 0.269 e. The van der Waals surface area contributed by atoms with Gasteiger partial charge in [0, 0.05) is 23.1 Å². The molecule has 0 atom stereocenters. The molecule has 3 rings (SSSR count). The summed E-state index contributed by atoms with van der Waals surface area (Å²) in [6, 6.07) is 7.26. The molecule has 0 spiro atoms. The van der Waals surface area contributed by atoms with E-state index in [1.807, 2.05) is 18.2 Å². The fourth-order valence-electron chi connectivity index (χ4n) is 2.45. The Morgan fingerprint density at radius 1 is 1.50 bits per heavy atom. The third-order valence-electron chi connectivity index (χ3n) is 3.92. The molecule has 0 radical (unpaired) electrons. The average molecular weight is 322 g/mol. The van der Waals surface area contributed by atoms with Crippen LogP contribution in [0.5, 0.6) is 0 Å². The van der Waals surface area contributed by atoms with Crippen LogP contribution in [0.2, 0.25) is 0 Å². The Balaban J connectivity index is 1.89. The highest BCUT2D eigenvalue weighted by molar-refractivity contribution is 5.96. The summed E-state index contributed by atoms with van der Waals surface area (Å²) < 4.78 is 5.22.